The molecule has 0 aromatic carbocycles. The maximum Gasteiger partial charge on any atom is 0.243 e. The first-order valence-electron chi connectivity index (χ1n) is 37.8. The number of nitrogens with zero attached hydrogens (tertiary/aromatic N) is 11. The number of aliphatic hydroxyl groups is 2. The summed E-state index contributed by atoms with van der Waals surface area (Å²) in [6, 6.07) is 25.2. The van der Waals surface area contributed by atoms with Crippen molar-refractivity contribution < 1.29 is 42.2 Å². The Morgan fingerprint density at radius 1 is 0.398 bits per heavy atom. The van der Waals surface area contributed by atoms with Crippen LogP contribution in [0.1, 0.15) is 243 Å². The molecule has 1 fully saturated rings. The number of pyridine rings is 6. The minimum Gasteiger partial charge on any atom is -0.396 e. The van der Waals surface area contributed by atoms with Crippen molar-refractivity contribution in [3.63, 3.8) is 0 Å². The molecule has 98 heavy (non-hydrogen) atoms. The molecule has 0 saturated carbocycles. The molecule has 1 saturated heterocycles. The van der Waals surface area contributed by atoms with Gasteiger partial charge in [0, 0.05) is 137 Å². The monoisotopic (exact) mass is 1370 g/mol. The molecule has 7 aromatic heterocycles. The molecule has 0 radical (unpaired) electrons. The van der Waals surface area contributed by atoms with Crippen LogP contribution in [0.2, 0.25) is 0 Å². The number of aryl methyl sites for hydroxylation is 10. The highest BCUT2D eigenvalue weighted by Crippen LogP contribution is 2.18. The van der Waals surface area contributed by atoms with E-state index in [0.717, 1.165) is 18.5 Å². The van der Waals surface area contributed by atoms with Crippen LogP contribution in [-0.4, -0.2) is 68.8 Å². The highest BCUT2D eigenvalue weighted by molar-refractivity contribution is 5.44. The number of aromatic nitrogens is 8. The molecule has 0 aliphatic carbocycles. The Hall–Kier alpha value is -6.57. The first kappa shape index (κ1) is 102. The van der Waals surface area contributed by atoms with E-state index >= 15 is 0 Å². The predicted octanol–water partition coefficient (Wildman–Crippen LogP) is 17.0. The topological polar surface area (TPSA) is 82.3 Å². The van der Waals surface area contributed by atoms with E-state index in [0.29, 0.717) is 12.5 Å². The molecule has 1 aliphatic heterocycles. The number of hydrogen-bond acceptors (Lipinski definition) is 5. The number of aliphatic hydroxyl groups excluding tert-OH is 2. The lowest BCUT2D eigenvalue weighted by molar-refractivity contribution is -0.671. The van der Waals surface area contributed by atoms with Gasteiger partial charge in [0.15, 0.2) is 74.4 Å². The normalized spacial score (nSPS) is 10.0. The van der Waals surface area contributed by atoms with Gasteiger partial charge in [0.05, 0.1) is 20.7 Å². The van der Waals surface area contributed by atoms with Crippen molar-refractivity contribution in [2.24, 2.45) is 56.4 Å². The Labute approximate surface area is 607 Å². The zero-order valence-corrected chi connectivity index (χ0v) is 69.2. The van der Waals surface area contributed by atoms with Crippen LogP contribution in [0, 0.1) is 6.92 Å². The van der Waals surface area contributed by atoms with Gasteiger partial charge in [-0.3, -0.25) is 0 Å². The molecule has 2 N–H and O–H groups in total. The van der Waals surface area contributed by atoms with E-state index in [1.54, 1.807) is 0 Å². The van der Waals surface area contributed by atoms with Gasteiger partial charge in [0.25, 0.3) is 0 Å². The summed E-state index contributed by atoms with van der Waals surface area (Å²) in [5.74, 6) is 0.640. The van der Waals surface area contributed by atoms with Crippen LogP contribution >= 0.6 is 0 Å². The molecule has 8 heterocycles. The average Bonchev–Trinajstić information content (AvgIpc) is 1.69. The highest BCUT2D eigenvalue weighted by atomic mass is 16.3. The lowest BCUT2D eigenvalue weighted by Crippen LogP contribution is -2.28. The molecule has 13 heteroatoms. The lowest BCUT2D eigenvalue weighted by Gasteiger charge is -2.16. The maximum absolute atomic E-state index is 8.71. The van der Waals surface area contributed by atoms with E-state index in [9.17, 15) is 0 Å². The fourth-order valence-electron chi connectivity index (χ4n) is 6.53. The van der Waals surface area contributed by atoms with Crippen molar-refractivity contribution in [3.8, 4) is 0 Å². The van der Waals surface area contributed by atoms with Crippen LogP contribution in [0.4, 0.5) is 17.1 Å². The Balaban J connectivity index is -0.000000238. The predicted molar refractivity (Wildman–Crippen MR) is 427 cm³/mol. The van der Waals surface area contributed by atoms with Crippen molar-refractivity contribution >= 4 is 17.1 Å². The van der Waals surface area contributed by atoms with E-state index < -0.39 is 0 Å². The Morgan fingerprint density at radius 2 is 0.704 bits per heavy atom. The summed E-state index contributed by atoms with van der Waals surface area (Å²) in [5.41, 5.74) is 7.73. The SMILES string of the molecule is CC(C)c1cc[n+](C)cc1.CCCC.CCCC.CCCC.CCCC.CCCC.CCCC.CCCC.CN(C)c1cc[n+](C)cc1.CN(CCO)c1cc[n+](C)cc1.C[n+]1ccc(CCCO)cc1.C[n+]1ccc(N2CCCC2)cc1.Cc1cc[n+](C)cc1.Cn1cc[n+](C)c1. The smallest absolute Gasteiger partial charge is 0.243 e. The fourth-order valence-corrected chi connectivity index (χ4v) is 6.53. The number of unbranched alkanes of at least 4 members (excludes halogenated alkanes) is 7. The molecule has 1 aliphatic rings. The van der Waals surface area contributed by atoms with Crippen LogP contribution in [0.3, 0.4) is 0 Å². The molecule has 0 bridgehead atoms. The Bertz CT molecular complexity index is 2480. The zero-order chi connectivity index (χ0) is 75.7. The first-order valence-corrected chi connectivity index (χ1v) is 37.8. The first-order chi connectivity index (χ1) is 46.8. The number of likely N-dealkylation sites (N-methyl/N-ethyl adjacent to an activating group) is 1. The molecule has 7 aromatic rings. The Morgan fingerprint density at radius 3 is 0.959 bits per heavy atom. The lowest BCUT2D eigenvalue weighted by atomic mass is 10.1. The minimum atomic E-state index is 0.192. The highest BCUT2D eigenvalue weighted by Gasteiger charge is 2.12. The molecule has 0 unspecified atom stereocenters. The van der Waals surface area contributed by atoms with Gasteiger partial charge in [0.2, 0.25) is 6.33 Å². The number of hydrogen-bond donors (Lipinski definition) is 2. The third-order valence-electron chi connectivity index (χ3n) is 14.6. The molecule has 8 rings (SSSR count). The second-order valence-electron chi connectivity index (χ2n) is 25.3. The summed E-state index contributed by atoms with van der Waals surface area (Å²) in [5, 5.41) is 17.3. The van der Waals surface area contributed by atoms with Gasteiger partial charge in [0.1, 0.15) is 54.7 Å². The summed E-state index contributed by atoms with van der Waals surface area (Å²) < 4.78 is 16.1. The van der Waals surface area contributed by atoms with Crippen LogP contribution in [-0.2, 0) is 62.8 Å². The fraction of sp³-hybridized carbons (Fsp3) is 0.612. The summed E-state index contributed by atoms with van der Waals surface area (Å²) in [6.45, 7) is 40.6. The van der Waals surface area contributed by atoms with Crippen molar-refractivity contribution in [2.45, 2.75) is 239 Å². The molecule has 0 spiro atoms. The van der Waals surface area contributed by atoms with Gasteiger partial charge in [-0.05, 0) is 55.2 Å². The number of rotatable bonds is 16. The van der Waals surface area contributed by atoms with E-state index in [4.69, 9.17) is 10.2 Å². The van der Waals surface area contributed by atoms with Crippen LogP contribution in [0.5, 0.6) is 0 Å². The molecule has 560 valence electrons. The van der Waals surface area contributed by atoms with Gasteiger partial charge in [-0.15, -0.1) is 0 Å². The molecular weight excluding hydrogens is 1210 g/mol. The van der Waals surface area contributed by atoms with E-state index in [1.165, 1.54) is 144 Å². The van der Waals surface area contributed by atoms with Gasteiger partial charge < -0.3 is 24.9 Å². The second kappa shape index (κ2) is 76.2. The standard InChI is InChI=1S/C10H15N2.C9H15N2O.C9H14NO.C9H14N.C8H13N2.C7H10N.C5H9N2.7C4H10/c1-11-8-4-10(5-9-11)12-6-2-3-7-12;1-10-5-3-9(4-6-10)11(2)7-8-12;1-10-6-4-9(5-7-10)3-2-8-11;1-8(2)9-4-6-10(3)7-5-9;1-9(2)8-4-6-10(3)7-5-8;1-7-3-5-8(2)6-4-7;1-6-3-4-7(2)5-6;7*1-3-4-2/h4-5,8-9H,2-3,6-7H2,1H3;3-6,12H,7-8H2,1-2H3;4-7,11H,2-3,8H2,1H3;4-8H,1-3H3;4-7H,1-3H3;3-6H,1-2H3;3-5H,1-2H3;7*3-4H2,1-2H3/q7*+1;;;;;;;. The second-order valence-corrected chi connectivity index (χ2v) is 25.3. The number of anilines is 3. The van der Waals surface area contributed by atoms with Gasteiger partial charge in [-0.2, -0.15) is 0 Å². The average molecular weight is 1370 g/mol. The summed E-state index contributed by atoms with van der Waals surface area (Å²) in [6.07, 6.45) is 53.5. The molecule has 0 amide bonds. The molecule has 0 atom stereocenters. The van der Waals surface area contributed by atoms with Crippen molar-refractivity contribution in [2.75, 3.05) is 68.7 Å². The summed E-state index contributed by atoms with van der Waals surface area (Å²) in [4.78, 5) is 6.54. The molecule has 13 nitrogen and oxygen atoms in total. The van der Waals surface area contributed by atoms with Crippen LogP contribution in [0.25, 0.3) is 0 Å². The van der Waals surface area contributed by atoms with Crippen LogP contribution in [0.15, 0.2) is 166 Å². The van der Waals surface area contributed by atoms with E-state index in [-0.39, 0.29) is 13.2 Å². The third kappa shape index (κ3) is 70.7. The summed E-state index contributed by atoms with van der Waals surface area (Å²) >= 11 is 0. The largest absolute Gasteiger partial charge is 0.396 e. The van der Waals surface area contributed by atoms with Crippen molar-refractivity contribution in [3.05, 3.63) is 183 Å². The Kier molecular flexibility index (Phi) is 79.6. The maximum atomic E-state index is 8.71. The quantitative estimate of drug-likeness (QED) is 0.0942. The molecular formula is C85H160N11O2+7. The van der Waals surface area contributed by atoms with Crippen molar-refractivity contribution in [1.29, 1.82) is 0 Å². The minimum absolute atomic E-state index is 0.192. The third-order valence-corrected chi connectivity index (χ3v) is 14.6. The summed E-state index contributed by atoms with van der Waals surface area (Å²) in [7, 11) is 22.1. The van der Waals surface area contributed by atoms with E-state index in [1.807, 2.05) is 195 Å². The van der Waals surface area contributed by atoms with E-state index in [2.05, 4.69) is 218 Å². The van der Waals surface area contributed by atoms with Crippen LogP contribution < -0.4 is 46.7 Å². The van der Waals surface area contributed by atoms with Gasteiger partial charge in [-0.25, -0.2) is 36.5 Å². The van der Waals surface area contributed by atoms with Crippen molar-refractivity contribution in [1.82, 2.24) is 4.57 Å². The van der Waals surface area contributed by atoms with Gasteiger partial charge >= 0.3 is 0 Å². The zero-order valence-electron chi connectivity index (χ0n) is 69.2. The number of imidazole rings is 1. The van der Waals surface area contributed by atoms with Gasteiger partial charge in [-0.1, -0.05) is 201 Å².